The smallest absolute Gasteiger partial charge is 0.338 e. The molecule has 0 radical (unpaired) electrons. The first-order valence-electron chi connectivity index (χ1n) is 12.4. The molecule has 0 fully saturated rings. The highest BCUT2D eigenvalue weighted by Crippen LogP contribution is 2.33. The van der Waals surface area contributed by atoms with Crippen LogP contribution in [0.4, 0.5) is 5.69 Å². The molecule has 2 aromatic carbocycles. The Morgan fingerprint density at radius 2 is 1.92 bits per heavy atom. The van der Waals surface area contributed by atoms with Crippen molar-refractivity contribution >= 4 is 41.1 Å². The lowest BCUT2D eigenvalue weighted by Gasteiger charge is -2.30. The van der Waals surface area contributed by atoms with E-state index in [0.717, 1.165) is 18.8 Å². The highest BCUT2D eigenvalue weighted by atomic mass is 32.1. The van der Waals surface area contributed by atoms with Crippen molar-refractivity contribution in [3.8, 4) is 11.5 Å². The van der Waals surface area contributed by atoms with E-state index in [1.807, 2.05) is 19.9 Å². The minimum absolute atomic E-state index is 0.0608. The van der Waals surface area contributed by atoms with Crippen LogP contribution in [0.1, 0.15) is 44.9 Å². The van der Waals surface area contributed by atoms with Crippen molar-refractivity contribution in [2.24, 2.45) is 5.10 Å². The summed E-state index contributed by atoms with van der Waals surface area (Å²) in [6, 6.07) is 11.7. The van der Waals surface area contributed by atoms with Gasteiger partial charge in [-0.15, -0.1) is 0 Å². The van der Waals surface area contributed by atoms with E-state index in [9.17, 15) is 14.7 Å². The van der Waals surface area contributed by atoms with Crippen LogP contribution in [0.2, 0.25) is 0 Å². The van der Waals surface area contributed by atoms with Gasteiger partial charge in [0.15, 0.2) is 11.7 Å². The maximum absolute atomic E-state index is 12.7. The van der Waals surface area contributed by atoms with Crippen molar-refractivity contribution < 1.29 is 24.2 Å². The largest absolute Gasteiger partial charge is 0.507 e. The number of amides is 1. The Kier molecular flexibility index (Phi) is 10.1. The molecule has 38 heavy (non-hydrogen) atoms. The van der Waals surface area contributed by atoms with Gasteiger partial charge in [-0.3, -0.25) is 4.79 Å². The number of carbonyl (C=O) groups excluding carboxylic acids is 2. The Labute approximate surface area is 227 Å². The molecular formula is C27H33N5O5S. The number of phenolic OH excluding ortho intramolecular Hbond substituents is 1. The maximum atomic E-state index is 12.7. The summed E-state index contributed by atoms with van der Waals surface area (Å²) in [6.45, 7) is 9.11. The molecule has 202 valence electrons. The molecule has 0 spiro atoms. The normalized spacial score (nSPS) is 15.1. The molecular weight excluding hydrogens is 506 g/mol. The number of thiocarbonyl (C=S) groups is 1. The van der Waals surface area contributed by atoms with Gasteiger partial charge >= 0.3 is 5.97 Å². The van der Waals surface area contributed by atoms with Gasteiger partial charge in [0.25, 0.3) is 5.91 Å². The van der Waals surface area contributed by atoms with Gasteiger partial charge in [0, 0.05) is 41.7 Å². The number of esters is 1. The first-order chi connectivity index (χ1) is 18.3. The molecule has 0 unspecified atom stereocenters. The van der Waals surface area contributed by atoms with E-state index in [4.69, 9.17) is 21.7 Å². The second-order valence-corrected chi connectivity index (χ2v) is 8.73. The molecule has 2 aromatic rings. The summed E-state index contributed by atoms with van der Waals surface area (Å²) in [7, 11) is 0. The topological polar surface area (TPSA) is 125 Å². The number of anilines is 1. The number of para-hydroxylation sites is 1. The summed E-state index contributed by atoms with van der Waals surface area (Å²) in [5, 5.41) is 20.7. The van der Waals surface area contributed by atoms with Crippen molar-refractivity contribution in [2.75, 3.05) is 31.2 Å². The monoisotopic (exact) mass is 539 g/mol. The van der Waals surface area contributed by atoms with Crippen LogP contribution in [0.15, 0.2) is 58.8 Å². The lowest BCUT2D eigenvalue weighted by atomic mass is 9.95. The predicted molar refractivity (Wildman–Crippen MR) is 150 cm³/mol. The molecule has 1 atom stereocenters. The second kappa shape index (κ2) is 13.4. The summed E-state index contributed by atoms with van der Waals surface area (Å²) in [6.07, 6.45) is 1.37. The number of allylic oxidation sites excluding steroid dienone is 1. The van der Waals surface area contributed by atoms with Gasteiger partial charge in [0.1, 0.15) is 11.5 Å². The van der Waals surface area contributed by atoms with Crippen LogP contribution in [-0.4, -0.2) is 54.6 Å². The average Bonchev–Trinajstić information content (AvgIpc) is 2.89. The standard InChI is InChI=1S/C27H33N5O5S/c1-5-32(6-2)19-13-12-18(21(33)14-19)15-28-31-23(34)16-37-22-11-9-8-10-20(22)25-24(26(35)36-7-3)17(4)29-27(38)30-25/h8-15,25,33H,5-7,16H2,1-4H3,(H,31,34)(H2,29,30,38)/t25-/m0/s1. The van der Waals surface area contributed by atoms with E-state index in [1.165, 1.54) is 6.21 Å². The first-order valence-corrected chi connectivity index (χ1v) is 12.8. The van der Waals surface area contributed by atoms with Crippen LogP contribution in [0.5, 0.6) is 11.5 Å². The Hall–Kier alpha value is -4.12. The van der Waals surface area contributed by atoms with E-state index in [1.54, 1.807) is 50.2 Å². The summed E-state index contributed by atoms with van der Waals surface area (Å²) >= 11 is 5.29. The van der Waals surface area contributed by atoms with E-state index in [-0.39, 0.29) is 19.0 Å². The molecule has 1 aliphatic rings. The molecule has 0 saturated heterocycles. The summed E-state index contributed by atoms with van der Waals surface area (Å²) < 4.78 is 11.0. The van der Waals surface area contributed by atoms with Crippen LogP contribution in [0.25, 0.3) is 0 Å². The lowest BCUT2D eigenvalue weighted by Crippen LogP contribution is -2.45. The predicted octanol–water partition coefficient (Wildman–Crippen LogP) is 3.12. The van der Waals surface area contributed by atoms with Crippen LogP contribution in [-0.2, 0) is 14.3 Å². The number of nitrogens with zero attached hydrogens (tertiary/aromatic N) is 2. The number of benzene rings is 2. The number of hydrogen-bond donors (Lipinski definition) is 4. The Balaban J connectivity index is 1.68. The fourth-order valence-electron chi connectivity index (χ4n) is 4.03. The number of aromatic hydroxyl groups is 1. The first kappa shape index (κ1) is 28.5. The highest BCUT2D eigenvalue weighted by molar-refractivity contribution is 7.80. The van der Waals surface area contributed by atoms with E-state index in [0.29, 0.717) is 33.3 Å². The zero-order valence-corrected chi connectivity index (χ0v) is 22.7. The van der Waals surface area contributed by atoms with Crippen LogP contribution in [0, 0.1) is 0 Å². The van der Waals surface area contributed by atoms with Gasteiger partial charge in [-0.2, -0.15) is 5.10 Å². The minimum Gasteiger partial charge on any atom is -0.507 e. The number of rotatable bonds is 11. The van der Waals surface area contributed by atoms with Crippen LogP contribution >= 0.6 is 12.2 Å². The van der Waals surface area contributed by atoms with E-state index in [2.05, 4.69) is 26.1 Å². The third kappa shape index (κ3) is 7.00. The highest BCUT2D eigenvalue weighted by Gasteiger charge is 2.32. The minimum atomic E-state index is -0.623. The average molecular weight is 540 g/mol. The van der Waals surface area contributed by atoms with E-state index >= 15 is 0 Å². The van der Waals surface area contributed by atoms with Crippen molar-refractivity contribution in [2.45, 2.75) is 33.7 Å². The maximum Gasteiger partial charge on any atom is 0.338 e. The number of hydrogen-bond acceptors (Lipinski definition) is 8. The zero-order valence-electron chi connectivity index (χ0n) is 21.9. The second-order valence-electron chi connectivity index (χ2n) is 8.33. The number of nitrogens with one attached hydrogen (secondary N) is 3. The van der Waals surface area contributed by atoms with Crippen molar-refractivity contribution in [1.29, 1.82) is 0 Å². The van der Waals surface area contributed by atoms with Gasteiger partial charge < -0.3 is 30.1 Å². The molecule has 0 aromatic heterocycles. The van der Waals surface area contributed by atoms with Crippen LogP contribution in [0.3, 0.4) is 0 Å². The van der Waals surface area contributed by atoms with Gasteiger partial charge in [-0.25, -0.2) is 10.2 Å². The SMILES string of the molecule is CCOC(=O)C1=C(C)NC(=S)N[C@H]1c1ccccc1OCC(=O)NN=Cc1ccc(N(CC)CC)cc1O. The van der Waals surface area contributed by atoms with Gasteiger partial charge in [0.2, 0.25) is 0 Å². The third-order valence-electron chi connectivity index (χ3n) is 5.89. The lowest BCUT2D eigenvalue weighted by molar-refractivity contribution is -0.139. The summed E-state index contributed by atoms with van der Waals surface area (Å²) in [5.74, 6) is -0.520. The summed E-state index contributed by atoms with van der Waals surface area (Å²) in [5.41, 5.74) is 5.34. The Morgan fingerprint density at radius 1 is 1.18 bits per heavy atom. The number of hydrazone groups is 1. The molecule has 3 rings (SSSR count). The van der Waals surface area contributed by atoms with E-state index < -0.39 is 17.9 Å². The van der Waals surface area contributed by atoms with Crippen molar-refractivity contribution in [3.05, 3.63) is 64.9 Å². The Morgan fingerprint density at radius 3 is 2.61 bits per heavy atom. The van der Waals surface area contributed by atoms with Gasteiger partial charge in [-0.05, 0) is 58.1 Å². The number of ether oxygens (including phenoxy) is 2. The van der Waals surface area contributed by atoms with Gasteiger partial charge in [-0.1, -0.05) is 18.2 Å². The molecule has 1 heterocycles. The number of phenols is 1. The zero-order chi connectivity index (χ0) is 27.7. The van der Waals surface area contributed by atoms with Crippen molar-refractivity contribution in [3.63, 3.8) is 0 Å². The number of carbonyl (C=O) groups is 2. The quantitative estimate of drug-likeness (QED) is 0.148. The molecule has 1 aliphatic heterocycles. The van der Waals surface area contributed by atoms with Crippen LogP contribution < -0.4 is 25.7 Å². The van der Waals surface area contributed by atoms with Crippen molar-refractivity contribution in [1.82, 2.24) is 16.1 Å². The molecule has 0 saturated carbocycles. The fraction of sp³-hybridized carbons (Fsp3) is 0.333. The molecule has 0 aliphatic carbocycles. The Bertz CT molecular complexity index is 1240. The molecule has 4 N–H and O–H groups in total. The van der Waals surface area contributed by atoms with Gasteiger partial charge in [0.05, 0.1) is 24.4 Å². The molecule has 0 bridgehead atoms. The fourth-order valence-corrected chi connectivity index (χ4v) is 4.30. The molecule has 1 amide bonds. The summed E-state index contributed by atoms with van der Waals surface area (Å²) in [4.78, 5) is 27.2. The third-order valence-corrected chi connectivity index (χ3v) is 6.11. The molecule has 11 heteroatoms. The molecule has 10 nitrogen and oxygen atoms in total.